The van der Waals surface area contributed by atoms with Crippen LogP contribution in [0.3, 0.4) is 0 Å². The van der Waals surface area contributed by atoms with Gasteiger partial charge in [-0.2, -0.15) is 4.98 Å². The number of hydrogen-bond donors (Lipinski definition) is 2. The maximum absolute atomic E-state index is 11.8. The fourth-order valence-electron chi connectivity index (χ4n) is 1.80. The summed E-state index contributed by atoms with van der Waals surface area (Å²) in [4.78, 5) is 19.2. The second-order valence-corrected chi connectivity index (χ2v) is 5.04. The van der Waals surface area contributed by atoms with Crippen molar-refractivity contribution in [3.05, 3.63) is 20.3 Å². The van der Waals surface area contributed by atoms with Gasteiger partial charge in [-0.25, -0.2) is 9.79 Å². The van der Waals surface area contributed by atoms with Crippen LogP contribution >= 0.6 is 22.6 Å². The minimum Gasteiger partial charge on any atom is -0.394 e. The Bertz CT molecular complexity index is 518. The Balaban J connectivity index is 2.33. The SMILES string of the molecule is C=Nc1nc(=O)n(C2CC(O)C(CO)O2)cc1I. The summed E-state index contributed by atoms with van der Waals surface area (Å²) in [6, 6.07) is 0. The lowest BCUT2D eigenvalue weighted by Gasteiger charge is -2.14. The number of aliphatic hydroxyl groups excluding tert-OH is 2. The molecule has 1 aliphatic rings. The maximum Gasteiger partial charge on any atom is 0.351 e. The summed E-state index contributed by atoms with van der Waals surface area (Å²) in [5.74, 6) is 0.272. The van der Waals surface area contributed by atoms with Gasteiger partial charge in [0, 0.05) is 12.6 Å². The molecule has 1 saturated heterocycles. The molecule has 0 spiro atoms. The van der Waals surface area contributed by atoms with Gasteiger partial charge in [-0.3, -0.25) is 4.57 Å². The molecule has 1 aromatic heterocycles. The van der Waals surface area contributed by atoms with Gasteiger partial charge >= 0.3 is 5.69 Å². The fraction of sp³-hybridized carbons (Fsp3) is 0.500. The molecule has 2 heterocycles. The van der Waals surface area contributed by atoms with E-state index in [0.717, 1.165) is 0 Å². The van der Waals surface area contributed by atoms with Gasteiger partial charge in [0.15, 0.2) is 5.82 Å². The van der Waals surface area contributed by atoms with E-state index in [1.165, 1.54) is 4.57 Å². The molecule has 2 rings (SSSR count). The van der Waals surface area contributed by atoms with Gasteiger partial charge in [0.2, 0.25) is 0 Å². The second kappa shape index (κ2) is 5.43. The minimum atomic E-state index is -0.790. The zero-order valence-electron chi connectivity index (χ0n) is 9.36. The fourth-order valence-corrected chi connectivity index (χ4v) is 2.40. The van der Waals surface area contributed by atoms with Crippen molar-refractivity contribution in [2.75, 3.05) is 6.61 Å². The number of hydrogen-bond acceptors (Lipinski definition) is 6. The Morgan fingerprint density at radius 1 is 1.72 bits per heavy atom. The van der Waals surface area contributed by atoms with E-state index in [1.807, 2.05) is 22.6 Å². The number of halogens is 1. The summed E-state index contributed by atoms with van der Waals surface area (Å²) >= 11 is 1.99. The van der Waals surface area contributed by atoms with Crippen LogP contribution in [-0.2, 0) is 4.74 Å². The summed E-state index contributed by atoms with van der Waals surface area (Å²) in [6.45, 7) is 3.04. The van der Waals surface area contributed by atoms with Gasteiger partial charge in [0.1, 0.15) is 12.3 Å². The summed E-state index contributed by atoms with van der Waals surface area (Å²) in [7, 11) is 0. The standard InChI is InChI=1S/C10H12IN3O4/c1-12-9-5(11)3-14(10(17)13-9)8-2-6(16)7(4-15)18-8/h3,6-8,15-16H,1-2,4H2. The molecule has 0 aromatic carbocycles. The summed E-state index contributed by atoms with van der Waals surface area (Å²) in [5, 5.41) is 18.6. The van der Waals surface area contributed by atoms with Crippen LogP contribution in [0.4, 0.5) is 5.82 Å². The summed E-state index contributed by atoms with van der Waals surface area (Å²) in [6.07, 6.45) is -0.288. The normalized spacial score (nSPS) is 27.4. The monoisotopic (exact) mass is 365 g/mol. The van der Waals surface area contributed by atoms with Crippen molar-refractivity contribution in [2.24, 2.45) is 4.99 Å². The van der Waals surface area contributed by atoms with E-state index in [4.69, 9.17) is 9.84 Å². The highest BCUT2D eigenvalue weighted by molar-refractivity contribution is 14.1. The molecule has 1 aliphatic heterocycles. The van der Waals surface area contributed by atoms with Crippen molar-refractivity contribution < 1.29 is 14.9 Å². The molecule has 18 heavy (non-hydrogen) atoms. The molecule has 7 nitrogen and oxygen atoms in total. The quantitative estimate of drug-likeness (QED) is 0.572. The van der Waals surface area contributed by atoms with Crippen LogP contribution in [0.1, 0.15) is 12.6 Å². The molecule has 0 saturated carbocycles. The first-order valence-corrected chi connectivity index (χ1v) is 6.34. The van der Waals surface area contributed by atoms with Crippen molar-refractivity contribution in [3.63, 3.8) is 0 Å². The van der Waals surface area contributed by atoms with Crippen molar-refractivity contribution in [1.82, 2.24) is 9.55 Å². The van der Waals surface area contributed by atoms with Gasteiger partial charge in [-0.1, -0.05) is 0 Å². The van der Waals surface area contributed by atoms with Crippen LogP contribution in [0.2, 0.25) is 0 Å². The average molecular weight is 365 g/mol. The minimum absolute atomic E-state index is 0.240. The van der Waals surface area contributed by atoms with Crippen LogP contribution < -0.4 is 5.69 Å². The Labute approximate surface area is 116 Å². The van der Waals surface area contributed by atoms with E-state index >= 15 is 0 Å². The van der Waals surface area contributed by atoms with Gasteiger partial charge < -0.3 is 14.9 Å². The van der Waals surface area contributed by atoms with Gasteiger partial charge in [0.05, 0.1) is 16.3 Å². The van der Waals surface area contributed by atoms with Crippen molar-refractivity contribution in [1.29, 1.82) is 0 Å². The first-order valence-electron chi connectivity index (χ1n) is 5.26. The second-order valence-electron chi connectivity index (χ2n) is 3.88. The molecule has 0 aliphatic carbocycles. The summed E-state index contributed by atoms with van der Waals surface area (Å²) < 4.78 is 7.34. The first-order chi connectivity index (χ1) is 8.56. The number of ether oxygens (including phenoxy) is 1. The molecule has 0 radical (unpaired) electrons. The number of rotatable bonds is 3. The van der Waals surface area contributed by atoms with Crippen molar-refractivity contribution in [2.45, 2.75) is 24.9 Å². The highest BCUT2D eigenvalue weighted by Crippen LogP contribution is 2.28. The number of aromatic nitrogens is 2. The smallest absolute Gasteiger partial charge is 0.351 e. The largest absolute Gasteiger partial charge is 0.394 e. The van der Waals surface area contributed by atoms with E-state index in [2.05, 4.69) is 16.7 Å². The highest BCUT2D eigenvalue weighted by atomic mass is 127. The Hall–Kier alpha value is -0.840. The van der Waals surface area contributed by atoms with Crippen LogP contribution in [-0.4, -0.2) is 45.3 Å². The molecule has 98 valence electrons. The predicted octanol–water partition coefficient (Wildman–Crippen LogP) is -0.179. The van der Waals surface area contributed by atoms with Gasteiger partial charge in [-0.05, 0) is 29.3 Å². The van der Waals surface area contributed by atoms with Crippen molar-refractivity contribution >= 4 is 35.1 Å². The third kappa shape index (κ3) is 2.46. The van der Waals surface area contributed by atoms with Crippen LogP contribution in [0, 0.1) is 3.57 Å². The molecule has 1 fully saturated rings. The highest BCUT2D eigenvalue weighted by Gasteiger charge is 2.35. The molecular weight excluding hydrogens is 353 g/mol. The van der Waals surface area contributed by atoms with Gasteiger partial charge in [-0.15, -0.1) is 0 Å². The van der Waals surface area contributed by atoms with E-state index in [1.54, 1.807) is 6.20 Å². The molecule has 3 unspecified atom stereocenters. The molecular formula is C10H12IN3O4. The van der Waals surface area contributed by atoms with Crippen molar-refractivity contribution in [3.8, 4) is 0 Å². The summed E-state index contributed by atoms with van der Waals surface area (Å²) in [5.41, 5.74) is -0.520. The predicted molar refractivity (Wildman–Crippen MR) is 72.0 cm³/mol. The molecule has 8 heteroatoms. The number of aliphatic imine (C=N–C) groups is 1. The number of aliphatic hydroxyl groups is 2. The zero-order valence-corrected chi connectivity index (χ0v) is 11.5. The van der Waals surface area contributed by atoms with Crippen LogP contribution in [0.5, 0.6) is 0 Å². The maximum atomic E-state index is 11.8. The third-order valence-electron chi connectivity index (χ3n) is 2.73. The number of nitrogens with zero attached hydrogens (tertiary/aromatic N) is 3. The Morgan fingerprint density at radius 3 is 3.00 bits per heavy atom. The van der Waals surface area contributed by atoms with Crippen LogP contribution in [0.25, 0.3) is 0 Å². The lowest BCUT2D eigenvalue weighted by atomic mass is 10.2. The Morgan fingerprint density at radius 2 is 2.44 bits per heavy atom. The molecule has 1 aromatic rings. The molecule has 3 atom stereocenters. The van der Waals surface area contributed by atoms with Gasteiger partial charge in [0.25, 0.3) is 0 Å². The zero-order chi connectivity index (χ0) is 13.3. The lowest BCUT2D eigenvalue weighted by molar-refractivity contribution is -0.0459. The molecule has 2 N–H and O–H groups in total. The molecule has 0 amide bonds. The average Bonchev–Trinajstić information content (AvgIpc) is 2.72. The van der Waals surface area contributed by atoms with E-state index in [-0.39, 0.29) is 18.8 Å². The molecule has 0 bridgehead atoms. The topological polar surface area (TPSA) is 96.9 Å². The lowest BCUT2D eigenvalue weighted by Crippen LogP contribution is -2.27. The van der Waals surface area contributed by atoms with E-state index in [0.29, 0.717) is 3.57 Å². The Kier molecular flexibility index (Phi) is 4.10. The van der Waals surface area contributed by atoms with E-state index in [9.17, 15) is 9.90 Å². The first kappa shape index (κ1) is 13.6. The third-order valence-corrected chi connectivity index (χ3v) is 3.49. The van der Waals surface area contributed by atoms with Crippen LogP contribution in [0.15, 0.2) is 16.0 Å². The van der Waals surface area contributed by atoms with E-state index < -0.39 is 24.1 Å².